The van der Waals surface area contributed by atoms with Gasteiger partial charge in [0, 0.05) is 13.1 Å². The highest BCUT2D eigenvalue weighted by Crippen LogP contribution is 2.18. The summed E-state index contributed by atoms with van der Waals surface area (Å²) in [5.41, 5.74) is 1.34. The molecule has 1 heterocycles. The fraction of sp³-hybridized carbons (Fsp3) is 0.231. The molecule has 1 aromatic heterocycles. The van der Waals surface area contributed by atoms with Crippen LogP contribution in [0.3, 0.4) is 0 Å². The molecule has 6 heteroatoms. The van der Waals surface area contributed by atoms with E-state index in [1.54, 1.807) is 11.7 Å². The Bertz CT molecular complexity index is 622. The third kappa shape index (κ3) is 2.90. The van der Waals surface area contributed by atoms with Crippen molar-refractivity contribution in [2.75, 3.05) is 0 Å². The Hall–Kier alpha value is -2.37. The first-order valence-electron chi connectivity index (χ1n) is 5.62. The lowest BCUT2D eigenvalue weighted by molar-refractivity contribution is 0.0692. The van der Waals surface area contributed by atoms with Crippen LogP contribution in [0.1, 0.15) is 21.7 Å². The highest BCUT2D eigenvalue weighted by atomic mass is 19.1. The average Bonchev–Trinajstić information content (AvgIpc) is 2.65. The highest BCUT2D eigenvalue weighted by molar-refractivity contribution is 5.88. The van der Waals surface area contributed by atoms with E-state index in [0.29, 0.717) is 0 Å². The van der Waals surface area contributed by atoms with Crippen LogP contribution in [0.4, 0.5) is 4.39 Å². The lowest BCUT2D eigenvalue weighted by Crippen LogP contribution is -2.04. The van der Waals surface area contributed by atoms with Crippen LogP contribution < -0.4 is 4.74 Å². The summed E-state index contributed by atoms with van der Waals surface area (Å²) in [7, 11) is 1.79. The first-order valence-corrected chi connectivity index (χ1v) is 5.62. The van der Waals surface area contributed by atoms with Gasteiger partial charge in [0.25, 0.3) is 0 Å². The van der Waals surface area contributed by atoms with Gasteiger partial charge in [0.15, 0.2) is 0 Å². The van der Waals surface area contributed by atoms with Gasteiger partial charge in [-0.05, 0) is 25.1 Å². The minimum atomic E-state index is -1.30. The van der Waals surface area contributed by atoms with Crippen molar-refractivity contribution in [2.24, 2.45) is 7.05 Å². The molecule has 100 valence electrons. The molecule has 0 atom stereocenters. The standard InChI is InChI=1S/C13H13FN2O3/c1-8-5-9(16(2)15-8)7-19-10-3-4-11(13(17)18)12(14)6-10/h3-6H,7H2,1-2H3,(H,17,18). The summed E-state index contributed by atoms with van der Waals surface area (Å²) in [4.78, 5) is 10.7. The molecule has 0 aliphatic heterocycles. The van der Waals surface area contributed by atoms with Gasteiger partial charge in [-0.2, -0.15) is 5.10 Å². The monoisotopic (exact) mass is 264 g/mol. The molecule has 5 nitrogen and oxygen atoms in total. The lowest BCUT2D eigenvalue weighted by Gasteiger charge is -2.07. The third-order valence-corrected chi connectivity index (χ3v) is 2.66. The normalized spacial score (nSPS) is 10.5. The SMILES string of the molecule is Cc1cc(COc2ccc(C(=O)O)c(F)c2)n(C)n1. The molecule has 0 spiro atoms. The number of carboxylic acid groups (broad SMARTS) is 1. The number of aromatic nitrogens is 2. The van der Waals surface area contributed by atoms with Gasteiger partial charge >= 0.3 is 5.97 Å². The Balaban J connectivity index is 2.10. The van der Waals surface area contributed by atoms with Crippen LogP contribution in [0.15, 0.2) is 24.3 Å². The number of benzene rings is 1. The third-order valence-electron chi connectivity index (χ3n) is 2.66. The smallest absolute Gasteiger partial charge is 0.338 e. The van der Waals surface area contributed by atoms with Crippen molar-refractivity contribution in [1.29, 1.82) is 0 Å². The molecule has 0 bridgehead atoms. The van der Waals surface area contributed by atoms with Gasteiger partial charge in [-0.3, -0.25) is 4.68 Å². The van der Waals surface area contributed by atoms with Gasteiger partial charge < -0.3 is 9.84 Å². The summed E-state index contributed by atoms with van der Waals surface area (Å²) in [6, 6.07) is 5.53. The zero-order valence-electron chi connectivity index (χ0n) is 10.6. The highest BCUT2D eigenvalue weighted by Gasteiger charge is 2.11. The van der Waals surface area contributed by atoms with Gasteiger partial charge in [0.1, 0.15) is 18.2 Å². The van der Waals surface area contributed by atoms with E-state index < -0.39 is 11.8 Å². The van der Waals surface area contributed by atoms with Gasteiger partial charge in [-0.1, -0.05) is 0 Å². The van der Waals surface area contributed by atoms with Crippen LogP contribution in [0.25, 0.3) is 0 Å². The van der Waals surface area contributed by atoms with E-state index in [1.165, 1.54) is 12.1 Å². The number of aryl methyl sites for hydroxylation is 2. The van der Waals surface area contributed by atoms with Crippen molar-refractivity contribution in [1.82, 2.24) is 9.78 Å². The molecular formula is C13H13FN2O3. The van der Waals surface area contributed by atoms with Crippen molar-refractivity contribution in [3.05, 3.63) is 47.0 Å². The zero-order chi connectivity index (χ0) is 14.0. The molecule has 0 aliphatic rings. The number of aromatic carboxylic acids is 1. The Morgan fingerprint density at radius 3 is 2.74 bits per heavy atom. The van der Waals surface area contributed by atoms with Crippen LogP contribution in [0.5, 0.6) is 5.75 Å². The molecule has 0 amide bonds. The maximum absolute atomic E-state index is 13.4. The second kappa shape index (κ2) is 5.09. The molecular weight excluding hydrogens is 251 g/mol. The fourth-order valence-corrected chi connectivity index (χ4v) is 1.72. The summed E-state index contributed by atoms with van der Waals surface area (Å²) in [5, 5.41) is 12.9. The second-order valence-electron chi connectivity index (χ2n) is 4.14. The number of carboxylic acids is 1. The second-order valence-corrected chi connectivity index (χ2v) is 4.14. The van der Waals surface area contributed by atoms with Gasteiger partial charge in [0.05, 0.1) is 17.0 Å². The first kappa shape index (κ1) is 13.1. The van der Waals surface area contributed by atoms with Crippen molar-refractivity contribution in [3.8, 4) is 5.75 Å². The molecule has 0 saturated heterocycles. The van der Waals surface area contributed by atoms with E-state index in [1.807, 2.05) is 13.0 Å². The zero-order valence-corrected chi connectivity index (χ0v) is 10.6. The fourth-order valence-electron chi connectivity index (χ4n) is 1.72. The van der Waals surface area contributed by atoms with Crippen molar-refractivity contribution in [2.45, 2.75) is 13.5 Å². The van der Waals surface area contributed by atoms with Gasteiger partial charge in [-0.15, -0.1) is 0 Å². The molecule has 0 unspecified atom stereocenters. The predicted molar refractivity (Wildman–Crippen MR) is 65.6 cm³/mol. The van der Waals surface area contributed by atoms with E-state index in [4.69, 9.17) is 9.84 Å². The van der Waals surface area contributed by atoms with Crippen LogP contribution in [0, 0.1) is 12.7 Å². The maximum atomic E-state index is 13.4. The molecule has 0 fully saturated rings. The molecule has 2 aromatic rings. The molecule has 2 rings (SSSR count). The van der Waals surface area contributed by atoms with Crippen molar-refractivity contribution < 1.29 is 19.0 Å². The summed E-state index contributed by atoms with van der Waals surface area (Å²) in [6.45, 7) is 2.11. The predicted octanol–water partition coefficient (Wildman–Crippen LogP) is 2.14. The Morgan fingerprint density at radius 2 is 2.21 bits per heavy atom. The minimum absolute atomic E-state index is 0.239. The van der Waals surface area contributed by atoms with Crippen molar-refractivity contribution in [3.63, 3.8) is 0 Å². The Kier molecular flexibility index (Phi) is 3.50. The van der Waals surface area contributed by atoms with Crippen LogP contribution in [-0.2, 0) is 13.7 Å². The topological polar surface area (TPSA) is 64.3 Å². The van der Waals surface area contributed by atoms with Gasteiger partial charge in [0.2, 0.25) is 0 Å². The van der Waals surface area contributed by atoms with Crippen LogP contribution in [-0.4, -0.2) is 20.9 Å². The average molecular weight is 264 g/mol. The van der Waals surface area contributed by atoms with Crippen LogP contribution in [0.2, 0.25) is 0 Å². The summed E-state index contributed by atoms with van der Waals surface area (Å²) < 4.78 is 20.5. The number of halogens is 1. The molecule has 0 radical (unpaired) electrons. The summed E-state index contributed by atoms with van der Waals surface area (Å²) in [5.74, 6) is -1.83. The van der Waals surface area contributed by atoms with Crippen LogP contribution >= 0.6 is 0 Å². The van der Waals surface area contributed by atoms with Gasteiger partial charge in [-0.25, -0.2) is 9.18 Å². The van der Waals surface area contributed by atoms with Crippen molar-refractivity contribution >= 4 is 5.97 Å². The lowest BCUT2D eigenvalue weighted by atomic mass is 10.2. The number of carbonyl (C=O) groups is 1. The van der Waals surface area contributed by atoms with E-state index in [2.05, 4.69) is 5.10 Å². The van der Waals surface area contributed by atoms with E-state index in [9.17, 15) is 9.18 Å². The Labute approximate surface area is 109 Å². The number of hydrogen-bond acceptors (Lipinski definition) is 3. The first-order chi connectivity index (χ1) is 8.97. The number of nitrogens with zero attached hydrogens (tertiary/aromatic N) is 2. The quantitative estimate of drug-likeness (QED) is 0.919. The maximum Gasteiger partial charge on any atom is 0.338 e. The Morgan fingerprint density at radius 1 is 1.47 bits per heavy atom. The number of hydrogen-bond donors (Lipinski definition) is 1. The molecule has 19 heavy (non-hydrogen) atoms. The molecule has 1 N–H and O–H groups in total. The largest absolute Gasteiger partial charge is 0.487 e. The number of ether oxygens (including phenoxy) is 1. The van der Waals surface area contributed by atoms with E-state index >= 15 is 0 Å². The molecule has 1 aromatic carbocycles. The summed E-state index contributed by atoms with van der Waals surface area (Å²) >= 11 is 0. The molecule has 0 aliphatic carbocycles. The summed E-state index contributed by atoms with van der Waals surface area (Å²) in [6.07, 6.45) is 0. The molecule has 0 saturated carbocycles. The van der Waals surface area contributed by atoms with E-state index in [-0.39, 0.29) is 17.9 Å². The number of rotatable bonds is 4. The van der Waals surface area contributed by atoms with E-state index in [0.717, 1.165) is 17.5 Å². The minimum Gasteiger partial charge on any atom is -0.487 e.